The predicted molar refractivity (Wildman–Crippen MR) is 87.4 cm³/mol. The summed E-state index contributed by atoms with van der Waals surface area (Å²) in [6.07, 6.45) is 4.14. The van der Waals surface area contributed by atoms with Crippen LogP contribution in [0.4, 0.5) is 0 Å². The Kier molecular flexibility index (Phi) is 6.40. The van der Waals surface area contributed by atoms with Crippen LogP contribution in [0.15, 0.2) is 34.1 Å². The zero-order valence-corrected chi connectivity index (χ0v) is 14.7. The first-order chi connectivity index (χ1) is 9.68. The molecule has 0 aromatic heterocycles. The number of nitrogens with two attached hydrogens (primary N) is 1. The van der Waals surface area contributed by atoms with E-state index in [0.717, 1.165) is 31.9 Å². The Bertz CT molecular complexity index is 694. The lowest BCUT2D eigenvalue weighted by Crippen LogP contribution is -2.40. The fourth-order valence-electron chi connectivity index (χ4n) is 2.39. The van der Waals surface area contributed by atoms with Crippen LogP contribution in [-0.4, -0.2) is 35.2 Å². The lowest BCUT2D eigenvalue weighted by molar-refractivity contribution is 0.373. The van der Waals surface area contributed by atoms with Crippen LogP contribution in [0.1, 0.15) is 25.7 Å². The Labute approximate surface area is 137 Å². The van der Waals surface area contributed by atoms with Crippen LogP contribution in [0.5, 0.6) is 0 Å². The normalized spacial score (nSPS) is 22.8. The summed E-state index contributed by atoms with van der Waals surface area (Å²) in [5.41, 5.74) is 5.80. The van der Waals surface area contributed by atoms with Crippen molar-refractivity contribution in [2.75, 3.05) is 6.26 Å². The minimum atomic E-state index is -3.63. The Morgan fingerprint density at radius 1 is 0.955 bits per heavy atom. The highest BCUT2D eigenvalue weighted by atomic mass is 35.5. The second-order valence-electron chi connectivity index (χ2n) is 5.48. The molecular weight excluding hydrogens is 348 g/mol. The van der Waals surface area contributed by atoms with E-state index in [2.05, 4.69) is 4.72 Å². The molecule has 0 saturated heterocycles. The number of nitrogens with one attached hydrogen (secondary N) is 1. The number of sulfone groups is 1. The molecular formula is C13H21ClN2O4S2. The molecule has 0 heterocycles. The van der Waals surface area contributed by atoms with Gasteiger partial charge in [-0.05, 0) is 49.9 Å². The number of halogens is 1. The molecule has 22 heavy (non-hydrogen) atoms. The van der Waals surface area contributed by atoms with E-state index in [4.69, 9.17) is 5.73 Å². The third-order valence-corrected chi connectivity index (χ3v) is 6.32. The van der Waals surface area contributed by atoms with E-state index in [1.807, 2.05) is 0 Å². The Hall–Kier alpha value is -0.670. The molecule has 1 saturated carbocycles. The molecule has 6 nitrogen and oxygen atoms in total. The first-order valence-corrected chi connectivity index (χ1v) is 10.1. The molecule has 2 rings (SSSR count). The van der Waals surface area contributed by atoms with Crippen molar-refractivity contribution >= 4 is 32.3 Å². The minimum absolute atomic E-state index is 0. The van der Waals surface area contributed by atoms with E-state index in [-0.39, 0.29) is 34.3 Å². The maximum absolute atomic E-state index is 12.3. The molecule has 0 atom stereocenters. The number of hydrogen-bond donors (Lipinski definition) is 2. The van der Waals surface area contributed by atoms with Crippen molar-refractivity contribution in [2.45, 2.75) is 47.6 Å². The van der Waals surface area contributed by atoms with Gasteiger partial charge in [0.1, 0.15) is 0 Å². The summed E-state index contributed by atoms with van der Waals surface area (Å²) in [4.78, 5) is 0.176. The molecule has 9 heteroatoms. The quantitative estimate of drug-likeness (QED) is 0.826. The van der Waals surface area contributed by atoms with Crippen molar-refractivity contribution in [1.82, 2.24) is 4.72 Å². The van der Waals surface area contributed by atoms with E-state index < -0.39 is 19.9 Å². The van der Waals surface area contributed by atoms with E-state index in [0.29, 0.717) is 0 Å². The fourth-order valence-corrected chi connectivity index (χ4v) is 4.33. The molecule has 1 aliphatic carbocycles. The highest BCUT2D eigenvalue weighted by Gasteiger charge is 2.24. The first kappa shape index (κ1) is 19.4. The van der Waals surface area contributed by atoms with Gasteiger partial charge in [0.15, 0.2) is 9.84 Å². The molecule has 1 fully saturated rings. The van der Waals surface area contributed by atoms with Crippen LogP contribution >= 0.6 is 12.4 Å². The van der Waals surface area contributed by atoms with Gasteiger partial charge in [0.2, 0.25) is 10.0 Å². The van der Waals surface area contributed by atoms with Crippen molar-refractivity contribution in [3.05, 3.63) is 24.3 Å². The fraction of sp³-hybridized carbons (Fsp3) is 0.538. The van der Waals surface area contributed by atoms with Crippen LogP contribution < -0.4 is 10.5 Å². The molecule has 1 aromatic rings. The Morgan fingerprint density at radius 3 is 1.86 bits per heavy atom. The first-order valence-electron chi connectivity index (χ1n) is 6.76. The molecule has 126 valence electrons. The van der Waals surface area contributed by atoms with Gasteiger partial charge in [-0.15, -0.1) is 12.4 Å². The lowest BCUT2D eigenvalue weighted by Gasteiger charge is -2.26. The van der Waals surface area contributed by atoms with Crippen LogP contribution in [0.3, 0.4) is 0 Å². The molecule has 0 aliphatic heterocycles. The van der Waals surface area contributed by atoms with Crippen molar-refractivity contribution < 1.29 is 16.8 Å². The van der Waals surface area contributed by atoms with Crippen molar-refractivity contribution in [3.63, 3.8) is 0 Å². The van der Waals surface area contributed by atoms with Gasteiger partial charge in [-0.1, -0.05) is 0 Å². The molecule has 1 aliphatic rings. The van der Waals surface area contributed by atoms with Crippen molar-refractivity contribution in [3.8, 4) is 0 Å². The Balaban J connectivity index is 0.00000242. The second-order valence-corrected chi connectivity index (χ2v) is 9.21. The van der Waals surface area contributed by atoms with Gasteiger partial charge < -0.3 is 5.73 Å². The number of hydrogen-bond acceptors (Lipinski definition) is 5. The number of benzene rings is 1. The van der Waals surface area contributed by atoms with Gasteiger partial charge in [0.05, 0.1) is 9.79 Å². The summed E-state index contributed by atoms with van der Waals surface area (Å²) in [6.45, 7) is 0. The summed E-state index contributed by atoms with van der Waals surface area (Å²) in [5, 5.41) is 0. The Morgan fingerprint density at radius 2 is 1.41 bits per heavy atom. The molecule has 0 spiro atoms. The number of rotatable bonds is 4. The van der Waals surface area contributed by atoms with Crippen LogP contribution in [-0.2, 0) is 19.9 Å². The van der Waals surface area contributed by atoms with E-state index >= 15 is 0 Å². The van der Waals surface area contributed by atoms with Crippen molar-refractivity contribution in [2.24, 2.45) is 5.73 Å². The summed E-state index contributed by atoms with van der Waals surface area (Å²) in [7, 11) is -6.95. The number of sulfonamides is 1. The topological polar surface area (TPSA) is 106 Å². The highest BCUT2D eigenvalue weighted by molar-refractivity contribution is 7.90. The van der Waals surface area contributed by atoms with E-state index in [9.17, 15) is 16.8 Å². The van der Waals surface area contributed by atoms with Crippen molar-refractivity contribution in [1.29, 1.82) is 0 Å². The zero-order valence-electron chi connectivity index (χ0n) is 12.2. The maximum Gasteiger partial charge on any atom is 0.240 e. The summed E-state index contributed by atoms with van der Waals surface area (Å²) >= 11 is 0. The maximum atomic E-state index is 12.3. The zero-order chi connectivity index (χ0) is 15.7. The van der Waals surface area contributed by atoms with Crippen LogP contribution in [0.2, 0.25) is 0 Å². The largest absolute Gasteiger partial charge is 0.328 e. The second kappa shape index (κ2) is 7.27. The van der Waals surface area contributed by atoms with Crippen LogP contribution in [0, 0.1) is 0 Å². The van der Waals surface area contributed by atoms with Gasteiger partial charge in [-0.3, -0.25) is 0 Å². The average Bonchev–Trinajstić information content (AvgIpc) is 2.40. The third-order valence-electron chi connectivity index (χ3n) is 3.66. The SMILES string of the molecule is CS(=O)(=O)c1ccc(S(=O)(=O)NC2CCC(N)CC2)cc1.Cl. The van der Waals surface area contributed by atoms with Gasteiger partial charge in [0, 0.05) is 18.3 Å². The van der Waals surface area contributed by atoms with E-state index in [1.165, 1.54) is 24.3 Å². The minimum Gasteiger partial charge on any atom is -0.328 e. The molecule has 0 unspecified atom stereocenters. The highest BCUT2D eigenvalue weighted by Crippen LogP contribution is 2.20. The smallest absolute Gasteiger partial charge is 0.240 e. The third kappa shape index (κ3) is 4.92. The van der Waals surface area contributed by atoms with E-state index in [1.54, 1.807) is 0 Å². The average molecular weight is 369 g/mol. The summed E-state index contributed by atoms with van der Waals surface area (Å²) in [6, 6.07) is 5.28. The molecule has 0 bridgehead atoms. The monoisotopic (exact) mass is 368 g/mol. The van der Waals surface area contributed by atoms with Gasteiger partial charge in [0.25, 0.3) is 0 Å². The molecule has 0 radical (unpaired) electrons. The van der Waals surface area contributed by atoms with Gasteiger partial charge >= 0.3 is 0 Å². The predicted octanol–water partition coefficient (Wildman–Crippen LogP) is 1.06. The standard InChI is InChI=1S/C13H20N2O4S2.ClH/c1-20(16,17)12-6-8-13(9-7-12)21(18,19)15-11-4-2-10(14)3-5-11;/h6-11,15H,2-5,14H2,1H3;1H. The van der Waals surface area contributed by atoms with Gasteiger partial charge in [-0.25, -0.2) is 21.6 Å². The van der Waals surface area contributed by atoms with Crippen LogP contribution in [0.25, 0.3) is 0 Å². The molecule has 1 aromatic carbocycles. The molecule has 3 N–H and O–H groups in total. The summed E-state index contributed by atoms with van der Waals surface area (Å²) in [5.74, 6) is 0. The summed E-state index contributed by atoms with van der Waals surface area (Å²) < 4.78 is 49.9. The molecule has 0 amide bonds. The lowest BCUT2D eigenvalue weighted by atomic mass is 9.93. The van der Waals surface area contributed by atoms with Gasteiger partial charge in [-0.2, -0.15) is 0 Å².